The van der Waals surface area contributed by atoms with Gasteiger partial charge in [-0.25, -0.2) is 0 Å². The maximum Gasteiger partial charge on any atom is 0.340 e. The van der Waals surface area contributed by atoms with Gasteiger partial charge >= 0.3 is 5.82 Å². The molecule has 0 amide bonds. The Morgan fingerprint density at radius 2 is 1.32 bits per heavy atom. The number of tetrazole rings is 1. The molecule has 122 valence electrons. The van der Waals surface area contributed by atoms with E-state index in [2.05, 4.69) is 31.9 Å². The Hall–Kier alpha value is -2.31. The summed E-state index contributed by atoms with van der Waals surface area (Å²) in [4.78, 5) is 3.61. The first-order chi connectivity index (χ1) is 12.2. The van der Waals surface area contributed by atoms with Gasteiger partial charge in [0.2, 0.25) is 0 Å². The molecular formula is C19H13Br2N4+. The predicted molar refractivity (Wildman–Crippen MR) is 104 cm³/mol. The van der Waals surface area contributed by atoms with Crippen LogP contribution in [0.3, 0.4) is 0 Å². The molecule has 0 aliphatic rings. The minimum absolute atomic E-state index is 0.666. The van der Waals surface area contributed by atoms with Crippen LogP contribution in [0.4, 0.5) is 0 Å². The van der Waals surface area contributed by atoms with Crippen molar-refractivity contribution in [1.82, 2.24) is 15.0 Å². The number of benzene rings is 3. The summed E-state index contributed by atoms with van der Waals surface area (Å²) in [5, 5.41) is 9.44. The Bertz CT molecular complexity index is 994. The van der Waals surface area contributed by atoms with E-state index >= 15 is 0 Å². The van der Waals surface area contributed by atoms with E-state index in [1.807, 2.05) is 78.9 Å². The van der Waals surface area contributed by atoms with Crippen molar-refractivity contribution in [1.29, 1.82) is 0 Å². The largest absolute Gasteiger partial charge is 0.340 e. The van der Waals surface area contributed by atoms with Crippen LogP contribution < -0.4 is 4.80 Å². The van der Waals surface area contributed by atoms with Crippen LogP contribution in [0.25, 0.3) is 22.8 Å². The molecule has 3 aromatic carbocycles. The molecule has 6 heteroatoms. The molecule has 0 saturated heterocycles. The highest BCUT2D eigenvalue weighted by Gasteiger charge is 2.23. The Morgan fingerprint density at radius 3 is 1.96 bits per heavy atom. The van der Waals surface area contributed by atoms with Gasteiger partial charge in [-0.05, 0) is 70.6 Å². The van der Waals surface area contributed by atoms with Crippen LogP contribution in [0, 0.1) is 0 Å². The third kappa shape index (κ3) is 3.41. The molecule has 0 aliphatic carbocycles. The average molecular weight is 457 g/mol. The maximum atomic E-state index is 4.72. The molecule has 0 unspecified atom stereocenters. The van der Waals surface area contributed by atoms with E-state index in [0.717, 1.165) is 25.9 Å². The first-order valence-electron chi connectivity index (χ1n) is 7.68. The van der Waals surface area contributed by atoms with Gasteiger partial charge in [-0.1, -0.05) is 50.1 Å². The minimum Gasteiger partial charge on any atom is -0.0621 e. The van der Waals surface area contributed by atoms with E-state index in [-0.39, 0.29) is 0 Å². The molecular weight excluding hydrogens is 444 g/mol. The second-order valence-corrected chi connectivity index (χ2v) is 7.25. The summed E-state index contributed by atoms with van der Waals surface area (Å²) < 4.78 is 2.05. The third-order valence-corrected chi connectivity index (χ3v) is 4.76. The van der Waals surface area contributed by atoms with Crippen molar-refractivity contribution in [2.75, 3.05) is 0 Å². The lowest BCUT2D eigenvalue weighted by Gasteiger charge is -1.99. The second kappa shape index (κ2) is 6.90. The Kier molecular flexibility index (Phi) is 4.46. The molecule has 0 atom stereocenters. The van der Waals surface area contributed by atoms with Crippen LogP contribution in [-0.2, 0) is 0 Å². The highest BCUT2D eigenvalue weighted by atomic mass is 79.9. The van der Waals surface area contributed by atoms with Crippen molar-refractivity contribution in [3.63, 3.8) is 0 Å². The molecule has 0 N–H and O–H groups in total. The molecule has 1 heterocycles. The van der Waals surface area contributed by atoms with Crippen LogP contribution in [0.2, 0.25) is 0 Å². The lowest BCUT2D eigenvalue weighted by molar-refractivity contribution is -0.734. The smallest absolute Gasteiger partial charge is 0.0621 e. The van der Waals surface area contributed by atoms with Crippen LogP contribution >= 0.6 is 31.9 Å². The van der Waals surface area contributed by atoms with Gasteiger partial charge in [0, 0.05) is 13.7 Å². The van der Waals surface area contributed by atoms with Gasteiger partial charge in [-0.2, -0.15) is 0 Å². The number of para-hydroxylation sites is 1. The van der Waals surface area contributed by atoms with Crippen molar-refractivity contribution in [2.24, 2.45) is 0 Å². The Morgan fingerprint density at radius 1 is 0.720 bits per heavy atom. The molecule has 4 aromatic rings. The Labute approximate surface area is 162 Å². The monoisotopic (exact) mass is 455 g/mol. The van der Waals surface area contributed by atoms with Crippen LogP contribution in [0.1, 0.15) is 0 Å². The minimum atomic E-state index is 0.666. The first-order valence-corrected chi connectivity index (χ1v) is 9.26. The molecule has 0 radical (unpaired) electrons. The van der Waals surface area contributed by atoms with Crippen LogP contribution in [-0.4, -0.2) is 15.0 Å². The molecule has 0 spiro atoms. The average Bonchev–Trinajstić information content (AvgIpc) is 3.09. The summed E-state index contributed by atoms with van der Waals surface area (Å²) >= 11 is 6.94. The Balaban J connectivity index is 1.89. The number of aromatic nitrogens is 4. The molecule has 4 rings (SSSR count). The molecule has 25 heavy (non-hydrogen) atoms. The maximum absolute atomic E-state index is 4.72. The van der Waals surface area contributed by atoms with Crippen molar-refractivity contribution in [3.05, 3.63) is 87.8 Å². The molecule has 0 aliphatic heterocycles. The van der Waals surface area contributed by atoms with E-state index < -0.39 is 0 Å². The van der Waals surface area contributed by atoms with Gasteiger partial charge in [-0.3, -0.25) is 0 Å². The highest BCUT2D eigenvalue weighted by Crippen LogP contribution is 2.19. The summed E-state index contributed by atoms with van der Waals surface area (Å²) in [6.45, 7) is 0. The number of nitrogens with zero attached hydrogens (tertiary/aromatic N) is 4. The summed E-state index contributed by atoms with van der Waals surface area (Å²) in [5.74, 6) is 0.666. The van der Waals surface area contributed by atoms with E-state index in [9.17, 15) is 0 Å². The number of halogens is 2. The SMILES string of the molecule is Brc1ccc(-c2nn(-c3ccccc3)[n+](-c3ccc(Br)cc3)n2)cc1. The zero-order valence-corrected chi connectivity index (χ0v) is 16.2. The van der Waals surface area contributed by atoms with Gasteiger partial charge < -0.3 is 0 Å². The van der Waals surface area contributed by atoms with E-state index in [0.29, 0.717) is 5.82 Å². The molecule has 0 bridgehead atoms. The highest BCUT2D eigenvalue weighted by molar-refractivity contribution is 9.10. The van der Waals surface area contributed by atoms with Gasteiger partial charge in [0.25, 0.3) is 0 Å². The van der Waals surface area contributed by atoms with Gasteiger partial charge in [0.1, 0.15) is 5.69 Å². The topological polar surface area (TPSA) is 34.6 Å². The third-order valence-electron chi connectivity index (χ3n) is 3.71. The van der Waals surface area contributed by atoms with Crippen LogP contribution in [0.5, 0.6) is 0 Å². The van der Waals surface area contributed by atoms with Gasteiger partial charge in [0.05, 0.1) is 10.7 Å². The summed E-state index contributed by atoms with van der Waals surface area (Å²) in [6, 6.07) is 26.0. The van der Waals surface area contributed by atoms with Crippen molar-refractivity contribution >= 4 is 31.9 Å². The fourth-order valence-electron chi connectivity index (χ4n) is 2.47. The predicted octanol–water partition coefficient (Wildman–Crippen LogP) is 4.74. The quantitative estimate of drug-likeness (QED) is 0.417. The molecule has 0 fully saturated rings. The molecule has 0 saturated carbocycles. The normalized spacial score (nSPS) is 10.8. The van der Waals surface area contributed by atoms with E-state index in [4.69, 9.17) is 10.2 Å². The molecule has 1 aromatic heterocycles. The van der Waals surface area contributed by atoms with Gasteiger partial charge in [0.15, 0.2) is 5.69 Å². The van der Waals surface area contributed by atoms with E-state index in [1.165, 1.54) is 0 Å². The van der Waals surface area contributed by atoms with Crippen LogP contribution in [0.15, 0.2) is 87.8 Å². The second-order valence-electron chi connectivity index (χ2n) is 5.42. The van der Waals surface area contributed by atoms with E-state index in [1.54, 1.807) is 9.59 Å². The lowest BCUT2D eigenvalue weighted by Crippen LogP contribution is -2.43. The zero-order valence-electron chi connectivity index (χ0n) is 13.1. The standard InChI is InChI=1S/C19H13Br2N4/c20-15-8-6-14(7-9-15)19-22-24(17-4-2-1-3-5-17)25(23-19)18-12-10-16(21)11-13-18/h1-13H/q+1. The summed E-state index contributed by atoms with van der Waals surface area (Å²) in [5.41, 5.74) is 2.84. The van der Waals surface area contributed by atoms with Crippen molar-refractivity contribution in [2.45, 2.75) is 0 Å². The summed E-state index contributed by atoms with van der Waals surface area (Å²) in [6.07, 6.45) is 0. The number of hydrogen-bond acceptors (Lipinski definition) is 2. The number of rotatable bonds is 3. The lowest BCUT2D eigenvalue weighted by atomic mass is 10.2. The summed E-state index contributed by atoms with van der Waals surface area (Å²) in [7, 11) is 0. The molecule has 4 nitrogen and oxygen atoms in total. The number of hydrogen-bond donors (Lipinski definition) is 0. The van der Waals surface area contributed by atoms with Crippen molar-refractivity contribution < 1.29 is 4.80 Å². The first kappa shape index (κ1) is 16.2. The fourth-order valence-corrected chi connectivity index (χ4v) is 3.00. The fraction of sp³-hybridized carbons (Fsp3) is 0. The zero-order chi connectivity index (χ0) is 17.2. The van der Waals surface area contributed by atoms with Crippen molar-refractivity contribution in [3.8, 4) is 22.8 Å². The van der Waals surface area contributed by atoms with Gasteiger partial charge in [-0.15, -0.1) is 0 Å².